The van der Waals surface area contributed by atoms with Crippen LogP contribution in [0.4, 0.5) is 0 Å². The number of nitrogens with two attached hydrogens (primary N) is 1. The van der Waals surface area contributed by atoms with Crippen molar-refractivity contribution in [2.75, 3.05) is 13.1 Å². The third kappa shape index (κ3) is 2.82. The van der Waals surface area contributed by atoms with E-state index in [1.807, 2.05) is 13.8 Å². The van der Waals surface area contributed by atoms with E-state index in [1.165, 1.54) is 15.6 Å². The Balaban J connectivity index is 2.19. The van der Waals surface area contributed by atoms with E-state index in [4.69, 9.17) is 5.73 Å². The van der Waals surface area contributed by atoms with Gasteiger partial charge in [-0.05, 0) is 32.8 Å². The van der Waals surface area contributed by atoms with Gasteiger partial charge in [0.05, 0.1) is 4.90 Å². The van der Waals surface area contributed by atoms with E-state index in [9.17, 15) is 13.2 Å². The van der Waals surface area contributed by atoms with E-state index in [0.29, 0.717) is 30.8 Å². The van der Waals surface area contributed by atoms with Gasteiger partial charge in [-0.1, -0.05) is 0 Å². The second kappa shape index (κ2) is 5.22. The Morgan fingerprint density at radius 3 is 2.37 bits per heavy atom. The first kappa shape index (κ1) is 14.5. The predicted molar refractivity (Wildman–Crippen MR) is 74.5 cm³/mol. The van der Waals surface area contributed by atoms with E-state index in [1.54, 1.807) is 6.07 Å². The third-order valence-electron chi connectivity index (χ3n) is 3.47. The molecule has 1 aromatic heterocycles. The number of carbonyl (C=O) groups excluding carboxylic acids is 1. The quantitative estimate of drug-likeness (QED) is 0.912. The van der Waals surface area contributed by atoms with Crippen LogP contribution in [0.1, 0.15) is 22.6 Å². The Labute approximate surface area is 117 Å². The fraction of sp³-hybridized carbons (Fsp3) is 0.583. The second-order valence-corrected chi connectivity index (χ2v) is 8.23. The lowest BCUT2D eigenvalue weighted by Crippen LogP contribution is -2.41. The summed E-state index contributed by atoms with van der Waals surface area (Å²) in [6.45, 7) is 4.45. The van der Waals surface area contributed by atoms with Crippen LogP contribution in [0.3, 0.4) is 0 Å². The lowest BCUT2D eigenvalue weighted by atomic mass is 9.98. The molecule has 1 aliphatic rings. The van der Waals surface area contributed by atoms with Gasteiger partial charge in [-0.25, -0.2) is 8.42 Å². The molecule has 5 nitrogen and oxygen atoms in total. The average molecular weight is 302 g/mol. The number of carbonyl (C=O) groups is 1. The first-order valence-corrected chi connectivity index (χ1v) is 8.44. The van der Waals surface area contributed by atoms with Gasteiger partial charge in [-0.2, -0.15) is 4.31 Å². The molecular formula is C12H18N2O3S2. The largest absolute Gasteiger partial charge is 0.369 e. The predicted octanol–water partition coefficient (Wildman–Crippen LogP) is 1.25. The van der Waals surface area contributed by atoms with Gasteiger partial charge in [0, 0.05) is 28.8 Å². The standard InChI is InChI=1S/C12H18N2O3S2/c1-8-7-11(9(2)18-8)19(16,17)14-5-3-10(4-6-14)12(13)15/h7,10H,3-6H2,1-2H3,(H2,13,15). The molecule has 1 amide bonds. The molecule has 19 heavy (non-hydrogen) atoms. The van der Waals surface area contributed by atoms with Gasteiger partial charge in [0.2, 0.25) is 15.9 Å². The van der Waals surface area contributed by atoms with Crippen molar-refractivity contribution < 1.29 is 13.2 Å². The highest BCUT2D eigenvalue weighted by molar-refractivity contribution is 7.89. The number of sulfonamides is 1. The highest BCUT2D eigenvalue weighted by Gasteiger charge is 2.32. The van der Waals surface area contributed by atoms with E-state index in [2.05, 4.69) is 0 Å². The molecule has 0 radical (unpaired) electrons. The molecule has 0 spiro atoms. The second-order valence-electron chi connectivity index (χ2n) is 4.86. The number of thiophene rings is 1. The van der Waals surface area contributed by atoms with Crippen molar-refractivity contribution in [1.29, 1.82) is 0 Å². The third-order valence-corrected chi connectivity index (χ3v) is 6.59. The van der Waals surface area contributed by atoms with Gasteiger partial charge in [0.15, 0.2) is 0 Å². The molecule has 106 valence electrons. The van der Waals surface area contributed by atoms with Crippen LogP contribution in [0.15, 0.2) is 11.0 Å². The molecule has 0 aliphatic carbocycles. The van der Waals surface area contributed by atoms with Crippen LogP contribution in [0, 0.1) is 19.8 Å². The fourth-order valence-electron chi connectivity index (χ4n) is 2.38. The number of primary amides is 1. The summed E-state index contributed by atoms with van der Waals surface area (Å²) in [6, 6.07) is 1.72. The Morgan fingerprint density at radius 1 is 1.37 bits per heavy atom. The molecular weight excluding hydrogens is 284 g/mol. The van der Waals surface area contributed by atoms with Crippen molar-refractivity contribution in [2.24, 2.45) is 11.7 Å². The number of hydrogen-bond acceptors (Lipinski definition) is 4. The van der Waals surface area contributed by atoms with Crippen molar-refractivity contribution >= 4 is 27.3 Å². The maximum Gasteiger partial charge on any atom is 0.244 e. The molecule has 1 aromatic rings. The molecule has 2 rings (SSSR count). The van der Waals surface area contributed by atoms with Gasteiger partial charge in [0.1, 0.15) is 0 Å². The summed E-state index contributed by atoms with van der Waals surface area (Å²) < 4.78 is 26.5. The lowest BCUT2D eigenvalue weighted by Gasteiger charge is -2.29. The van der Waals surface area contributed by atoms with Crippen LogP contribution < -0.4 is 5.73 Å². The summed E-state index contributed by atoms with van der Waals surface area (Å²) in [5.41, 5.74) is 5.26. The summed E-state index contributed by atoms with van der Waals surface area (Å²) in [5, 5.41) is 0. The zero-order chi connectivity index (χ0) is 14.2. The van der Waals surface area contributed by atoms with Crippen molar-refractivity contribution in [1.82, 2.24) is 4.31 Å². The number of aryl methyl sites for hydroxylation is 2. The molecule has 2 N–H and O–H groups in total. The Hall–Kier alpha value is -0.920. The topological polar surface area (TPSA) is 80.5 Å². The Morgan fingerprint density at radius 2 is 1.95 bits per heavy atom. The van der Waals surface area contributed by atoms with Crippen LogP contribution in [-0.4, -0.2) is 31.7 Å². The minimum atomic E-state index is -3.43. The van der Waals surface area contributed by atoms with E-state index in [0.717, 1.165) is 9.75 Å². The number of rotatable bonds is 3. The highest BCUT2D eigenvalue weighted by Crippen LogP contribution is 2.30. The zero-order valence-corrected chi connectivity index (χ0v) is 12.7. The Kier molecular flexibility index (Phi) is 3.98. The fourth-order valence-corrected chi connectivity index (χ4v) is 5.38. The molecule has 7 heteroatoms. The first-order chi connectivity index (χ1) is 8.82. The van der Waals surface area contributed by atoms with Crippen LogP contribution in [-0.2, 0) is 14.8 Å². The SMILES string of the molecule is Cc1cc(S(=O)(=O)N2CCC(C(N)=O)CC2)c(C)s1. The number of piperidine rings is 1. The summed E-state index contributed by atoms with van der Waals surface area (Å²) in [6.07, 6.45) is 1.02. The monoisotopic (exact) mass is 302 g/mol. The van der Waals surface area contributed by atoms with Gasteiger partial charge in [-0.15, -0.1) is 11.3 Å². The molecule has 1 fully saturated rings. The molecule has 2 heterocycles. The van der Waals surface area contributed by atoms with Gasteiger partial charge in [-0.3, -0.25) is 4.79 Å². The summed E-state index contributed by atoms with van der Waals surface area (Å²) in [5.74, 6) is -0.531. The number of amides is 1. The van der Waals surface area contributed by atoms with Crippen molar-refractivity contribution in [2.45, 2.75) is 31.6 Å². The van der Waals surface area contributed by atoms with Crippen LogP contribution in [0.25, 0.3) is 0 Å². The van der Waals surface area contributed by atoms with E-state index < -0.39 is 10.0 Å². The van der Waals surface area contributed by atoms with Gasteiger partial charge in [0.25, 0.3) is 0 Å². The summed E-state index contributed by atoms with van der Waals surface area (Å²) in [4.78, 5) is 13.3. The minimum absolute atomic E-state index is 0.197. The van der Waals surface area contributed by atoms with Crippen molar-refractivity contribution in [3.05, 3.63) is 15.8 Å². The molecule has 1 saturated heterocycles. The van der Waals surface area contributed by atoms with Crippen LogP contribution in [0.5, 0.6) is 0 Å². The molecule has 1 aliphatic heterocycles. The molecule has 0 aromatic carbocycles. The van der Waals surface area contributed by atoms with Gasteiger partial charge < -0.3 is 5.73 Å². The molecule has 0 bridgehead atoms. The van der Waals surface area contributed by atoms with E-state index >= 15 is 0 Å². The molecule has 0 atom stereocenters. The average Bonchev–Trinajstić information content (AvgIpc) is 2.69. The minimum Gasteiger partial charge on any atom is -0.369 e. The Bertz CT molecular complexity index is 584. The van der Waals surface area contributed by atoms with Crippen LogP contribution >= 0.6 is 11.3 Å². The normalized spacial score (nSPS) is 18.6. The maximum atomic E-state index is 12.5. The first-order valence-electron chi connectivity index (χ1n) is 6.19. The number of nitrogens with zero attached hydrogens (tertiary/aromatic N) is 1. The summed E-state index contributed by atoms with van der Waals surface area (Å²) >= 11 is 1.49. The zero-order valence-electron chi connectivity index (χ0n) is 11.0. The molecule has 0 saturated carbocycles. The van der Waals surface area contributed by atoms with Crippen molar-refractivity contribution in [3.8, 4) is 0 Å². The smallest absolute Gasteiger partial charge is 0.244 e. The lowest BCUT2D eigenvalue weighted by molar-refractivity contribution is -0.122. The maximum absolute atomic E-state index is 12.5. The van der Waals surface area contributed by atoms with Crippen LogP contribution in [0.2, 0.25) is 0 Å². The number of hydrogen-bond donors (Lipinski definition) is 1. The molecule has 0 unspecified atom stereocenters. The van der Waals surface area contributed by atoms with Crippen molar-refractivity contribution in [3.63, 3.8) is 0 Å². The van der Waals surface area contributed by atoms with E-state index in [-0.39, 0.29) is 11.8 Å². The highest BCUT2D eigenvalue weighted by atomic mass is 32.2. The van der Waals surface area contributed by atoms with Gasteiger partial charge >= 0.3 is 0 Å². The summed E-state index contributed by atoms with van der Waals surface area (Å²) in [7, 11) is -3.43.